The molecule has 0 atom stereocenters. The third-order valence-corrected chi connectivity index (χ3v) is 3.08. The van der Waals surface area contributed by atoms with E-state index in [1.807, 2.05) is 60.7 Å². The molecule has 0 saturated carbocycles. The molecule has 3 heteroatoms. The standard InChI is InChI=1S/C16H14N2O/c1-12-16(19)15(13-8-4-2-5-9-13)18(17-12)14-10-6-3-7-11-14/h2-11,19H,1H3. The van der Waals surface area contributed by atoms with E-state index in [9.17, 15) is 5.11 Å². The zero-order chi connectivity index (χ0) is 13.2. The zero-order valence-corrected chi connectivity index (χ0v) is 10.6. The molecule has 0 aliphatic rings. The van der Waals surface area contributed by atoms with E-state index in [2.05, 4.69) is 5.10 Å². The van der Waals surface area contributed by atoms with Crippen molar-refractivity contribution in [2.45, 2.75) is 6.92 Å². The van der Waals surface area contributed by atoms with Crippen molar-refractivity contribution in [1.29, 1.82) is 0 Å². The van der Waals surface area contributed by atoms with Gasteiger partial charge in [-0.3, -0.25) is 0 Å². The third-order valence-electron chi connectivity index (χ3n) is 3.08. The number of nitrogens with zero attached hydrogens (tertiary/aromatic N) is 2. The van der Waals surface area contributed by atoms with Crippen molar-refractivity contribution < 1.29 is 5.11 Å². The van der Waals surface area contributed by atoms with E-state index < -0.39 is 0 Å². The first kappa shape index (κ1) is 11.5. The molecule has 3 nitrogen and oxygen atoms in total. The fourth-order valence-electron chi connectivity index (χ4n) is 2.13. The molecule has 0 fully saturated rings. The maximum Gasteiger partial charge on any atom is 0.165 e. The predicted octanol–water partition coefficient (Wildman–Crippen LogP) is 3.55. The third kappa shape index (κ3) is 1.99. The van der Waals surface area contributed by atoms with Crippen molar-refractivity contribution >= 4 is 0 Å². The minimum atomic E-state index is 0.232. The lowest BCUT2D eigenvalue weighted by Crippen LogP contribution is -1.98. The van der Waals surface area contributed by atoms with Gasteiger partial charge in [-0.1, -0.05) is 48.5 Å². The number of hydrogen-bond donors (Lipinski definition) is 1. The second kappa shape index (κ2) is 4.61. The highest BCUT2D eigenvalue weighted by molar-refractivity contribution is 5.69. The summed E-state index contributed by atoms with van der Waals surface area (Å²) in [5.74, 6) is 0.232. The number of aromatic hydroxyl groups is 1. The lowest BCUT2D eigenvalue weighted by atomic mass is 10.1. The van der Waals surface area contributed by atoms with Crippen molar-refractivity contribution in [1.82, 2.24) is 9.78 Å². The normalized spacial score (nSPS) is 10.6. The van der Waals surface area contributed by atoms with Crippen LogP contribution in [0.1, 0.15) is 5.69 Å². The first-order chi connectivity index (χ1) is 9.27. The van der Waals surface area contributed by atoms with E-state index in [4.69, 9.17) is 0 Å². The maximum absolute atomic E-state index is 10.2. The molecule has 19 heavy (non-hydrogen) atoms. The molecule has 3 rings (SSSR count). The molecule has 0 aliphatic heterocycles. The SMILES string of the molecule is Cc1nn(-c2ccccc2)c(-c2ccccc2)c1O. The fourth-order valence-corrected chi connectivity index (χ4v) is 2.13. The molecular formula is C16H14N2O. The Balaban J connectivity index is 2.25. The topological polar surface area (TPSA) is 38.0 Å². The average molecular weight is 250 g/mol. The number of rotatable bonds is 2. The van der Waals surface area contributed by atoms with Crippen LogP contribution in [0.2, 0.25) is 0 Å². The highest BCUT2D eigenvalue weighted by Crippen LogP contribution is 2.33. The zero-order valence-electron chi connectivity index (χ0n) is 10.6. The molecule has 0 amide bonds. The molecule has 0 saturated heterocycles. The monoisotopic (exact) mass is 250 g/mol. The van der Waals surface area contributed by atoms with E-state index >= 15 is 0 Å². The molecular weight excluding hydrogens is 236 g/mol. The quantitative estimate of drug-likeness (QED) is 0.755. The second-order valence-electron chi connectivity index (χ2n) is 4.40. The molecule has 3 aromatic rings. The van der Waals surface area contributed by atoms with Crippen molar-refractivity contribution in [3.63, 3.8) is 0 Å². The summed E-state index contributed by atoms with van der Waals surface area (Å²) in [6.07, 6.45) is 0. The average Bonchev–Trinajstić information content (AvgIpc) is 2.77. The summed E-state index contributed by atoms with van der Waals surface area (Å²) in [7, 11) is 0. The molecule has 1 N–H and O–H groups in total. The van der Waals surface area contributed by atoms with Crippen LogP contribution in [0.15, 0.2) is 60.7 Å². The van der Waals surface area contributed by atoms with Crippen LogP contribution in [0.3, 0.4) is 0 Å². The van der Waals surface area contributed by atoms with Crippen LogP contribution in [0.4, 0.5) is 0 Å². The minimum absolute atomic E-state index is 0.232. The Labute approximate surface area is 111 Å². The molecule has 0 spiro atoms. The van der Waals surface area contributed by atoms with Crippen LogP contribution in [0, 0.1) is 6.92 Å². The van der Waals surface area contributed by atoms with Crippen LogP contribution in [0.5, 0.6) is 5.75 Å². The molecule has 2 aromatic carbocycles. The van der Waals surface area contributed by atoms with Gasteiger partial charge in [-0.15, -0.1) is 0 Å². The van der Waals surface area contributed by atoms with Crippen LogP contribution in [0.25, 0.3) is 16.9 Å². The summed E-state index contributed by atoms with van der Waals surface area (Å²) >= 11 is 0. The number of aromatic nitrogens is 2. The molecule has 0 unspecified atom stereocenters. The van der Waals surface area contributed by atoms with Crippen molar-refractivity contribution in [3.05, 3.63) is 66.4 Å². The Hall–Kier alpha value is -2.55. The van der Waals surface area contributed by atoms with Gasteiger partial charge in [0.2, 0.25) is 0 Å². The Morgan fingerprint density at radius 3 is 2.11 bits per heavy atom. The smallest absolute Gasteiger partial charge is 0.165 e. The molecule has 0 bridgehead atoms. The van der Waals surface area contributed by atoms with Gasteiger partial charge in [0.25, 0.3) is 0 Å². The number of aryl methyl sites for hydroxylation is 1. The Morgan fingerprint density at radius 1 is 0.895 bits per heavy atom. The highest BCUT2D eigenvalue weighted by Gasteiger charge is 2.16. The number of para-hydroxylation sites is 1. The van der Waals surface area contributed by atoms with Crippen molar-refractivity contribution in [2.24, 2.45) is 0 Å². The molecule has 1 aromatic heterocycles. The molecule has 0 radical (unpaired) electrons. The van der Waals surface area contributed by atoms with Gasteiger partial charge in [-0.25, -0.2) is 4.68 Å². The molecule has 0 aliphatic carbocycles. The molecule has 94 valence electrons. The van der Waals surface area contributed by atoms with Crippen molar-refractivity contribution in [2.75, 3.05) is 0 Å². The summed E-state index contributed by atoms with van der Waals surface area (Å²) in [6.45, 7) is 1.81. The Morgan fingerprint density at radius 2 is 1.47 bits per heavy atom. The predicted molar refractivity (Wildman–Crippen MR) is 75.4 cm³/mol. The van der Waals surface area contributed by atoms with Gasteiger partial charge in [0.05, 0.1) is 5.69 Å². The van der Waals surface area contributed by atoms with Gasteiger partial charge >= 0.3 is 0 Å². The largest absolute Gasteiger partial charge is 0.504 e. The fraction of sp³-hybridized carbons (Fsp3) is 0.0625. The van der Waals surface area contributed by atoms with Crippen LogP contribution in [-0.4, -0.2) is 14.9 Å². The van der Waals surface area contributed by atoms with Crippen molar-refractivity contribution in [3.8, 4) is 22.7 Å². The first-order valence-corrected chi connectivity index (χ1v) is 6.17. The lowest BCUT2D eigenvalue weighted by Gasteiger charge is -2.07. The van der Waals surface area contributed by atoms with E-state index in [0.29, 0.717) is 5.69 Å². The minimum Gasteiger partial charge on any atom is -0.504 e. The summed E-state index contributed by atoms with van der Waals surface area (Å²) in [5.41, 5.74) is 3.24. The Kier molecular flexibility index (Phi) is 2.80. The summed E-state index contributed by atoms with van der Waals surface area (Å²) < 4.78 is 1.78. The lowest BCUT2D eigenvalue weighted by molar-refractivity contribution is 0.473. The number of benzene rings is 2. The van der Waals surface area contributed by atoms with E-state index in [-0.39, 0.29) is 5.75 Å². The summed E-state index contributed by atoms with van der Waals surface area (Å²) in [4.78, 5) is 0. The summed E-state index contributed by atoms with van der Waals surface area (Å²) in [5, 5.41) is 14.7. The first-order valence-electron chi connectivity index (χ1n) is 6.17. The second-order valence-corrected chi connectivity index (χ2v) is 4.40. The summed E-state index contributed by atoms with van der Waals surface area (Å²) in [6, 6.07) is 19.6. The van der Waals surface area contributed by atoms with E-state index in [0.717, 1.165) is 16.9 Å². The van der Waals surface area contributed by atoms with Gasteiger partial charge in [0.15, 0.2) is 5.75 Å². The van der Waals surface area contributed by atoms with Crippen LogP contribution < -0.4 is 0 Å². The Bertz CT molecular complexity index is 688. The maximum atomic E-state index is 10.2. The van der Waals surface area contributed by atoms with Gasteiger partial charge in [-0.2, -0.15) is 5.10 Å². The van der Waals surface area contributed by atoms with Gasteiger partial charge < -0.3 is 5.11 Å². The van der Waals surface area contributed by atoms with Gasteiger partial charge in [0.1, 0.15) is 11.4 Å². The number of hydrogen-bond acceptors (Lipinski definition) is 2. The van der Waals surface area contributed by atoms with Crippen LogP contribution in [-0.2, 0) is 0 Å². The van der Waals surface area contributed by atoms with Gasteiger partial charge in [-0.05, 0) is 19.1 Å². The van der Waals surface area contributed by atoms with Gasteiger partial charge in [0, 0.05) is 5.56 Å². The van der Waals surface area contributed by atoms with Crippen LogP contribution >= 0.6 is 0 Å². The highest BCUT2D eigenvalue weighted by atomic mass is 16.3. The van der Waals surface area contributed by atoms with E-state index in [1.54, 1.807) is 11.6 Å². The van der Waals surface area contributed by atoms with E-state index in [1.165, 1.54) is 0 Å². The molecule has 1 heterocycles.